The maximum atomic E-state index is 9.84. The zero-order valence-electron chi connectivity index (χ0n) is 5.04. The summed E-state index contributed by atoms with van der Waals surface area (Å²) in [5.41, 5.74) is 4.82. The first-order valence-corrected chi connectivity index (χ1v) is 2.82. The molecule has 9 heavy (non-hydrogen) atoms. The quantitative estimate of drug-likeness (QED) is 0.326. The average molecular weight is 127 g/mol. The van der Waals surface area contributed by atoms with E-state index in [9.17, 15) is 4.79 Å². The molecule has 0 unspecified atom stereocenters. The standard InChI is InChI=1S/C6H9NO2/c7-6(9-5-8)3-1-2-4-6/h1-2,5H,3-4,7H2. The highest BCUT2D eigenvalue weighted by molar-refractivity contribution is 5.38. The van der Waals surface area contributed by atoms with E-state index in [0.717, 1.165) is 0 Å². The SMILES string of the molecule is NC1(OC=O)CC=CC1. The Morgan fingerprint density at radius 1 is 1.56 bits per heavy atom. The van der Waals surface area contributed by atoms with Crippen LogP contribution in [0.3, 0.4) is 0 Å². The number of carbonyl (C=O) groups excluding carboxylic acids is 1. The summed E-state index contributed by atoms with van der Waals surface area (Å²) in [7, 11) is 0. The summed E-state index contributed by atoms with van der Waals surface area (Å²) >= 11 is 0. The van der Waals surface area contributed by atoms with Gasteiger partial charge in [-0.05, 0) is 0 Å². The van der Waals surface area contributed by atoms with Gasteiger partial charge in [0.15, 0.2) is 5.72 Å². The van der Waals surface area contributed by atoms with Crippen LogP contribution in [0.5, 0.6) is 0 Å². The van der Waals surface area contributed by atoms with E-state index in [1.807, 2.05) is 12.2 Å². The number of hydrogen-bond acceptors (Lipinski definition) is 3. The highest BCUT2D eigenvalue weighted by Gasteiger charge is 2.26. The summed E-state index contributed by atoms with van der Waals surface area (Å²) in [6, 6.07) is 0. The summed E-state index contributed by atoms with van der Waals surface area (Å²) in [5.74, 6) is 0. The predicted molar refractivity (Wildman–Crippen MR) is 32.4 cm³/mol. The predicted octanol–water partition coefficient (Wildman–Crippen LogP) is 0.164. The third-order valence-electron chi connectivity index (χ3n) is 1.38. The molecule has 0 spiro atoms. The average Bonchev–Trinajstić information content (AvgIpc) is 2.16. The Balaban J connectivity index is 2.44. The Kier molecular flexibility index (Phi) is 1.53. The molecule has 1 aliphatic carbocycles. The zero-order valence-corrected chi connectivity index (χ0v) is 5.04. The van der Waals surface area contributed by atoms with Gasteiger partial charge >= 0.3 is 0 Å². The van der Waals surface area contributed by atoms with Crippen molar-refractivity contribution in [2.75, 3.05) is 0 Å². The minimum atomic E-state index is -0.734. The van der Waals surface area contributed by atoms with E-state index in [4.69, 9.17) is 5.73 Å². The molecule has 0 amide bonds. The summed E-state index contributed by atoms with van der Waals surface area (Å²) < 4.78 is 4.62. The summed E-state index contributed by atoms with van der Waals surface area (Å²) in [6.07, 6.45) is 5.07. The lowest BCUT2D eigenvalue weighted by Gasteiger charge is -2.20. The molecule has 0 aliphatic heterocycles. The summed E-state index contributed by atoms with van der Waals surface area (Å²) in [4.78, 5) is 9.84. The van der Waals surface area contributed by atoms with Gasteiger partial charge in [0, 0.05) is 12.8 Å². The maximum absolute atomic E-state index is 9.84. The van der Waals surface area contributed by atoms with Crippen LogP contribution >= 0.6 is 0 Å². The van der Waals surface area contributed by atoms with Crippen molar-refractivity contribution < 1.29 is 9.53 Å². The van der Waals surface area contributed by atoms with Gasteiger partial charge in [0.05, 0.1) is 0 Å². The van der Waals surface area contributed by atoms with Crippen LogP contribution in [0, 0.1) is 0 Å². The van der Waals surface area contributed by atoms with Crippen molar-refractivity contribution >= 4 is 6.47 Å². The van der Waals surface area contributed by atoms with E-state index in [1.54, 1.807) is 0 Å². The highest BCUT2D eigenvalue weighted by atomic mass is 16.5. The van der Waals surface area contributed by atoms with Crippen molar-refractivity contribution in [2.24, 2.45) is 5.73 Å². The number of hydrogen-bond donors (Lipinski definition) is 1. The molecule has 1 aliphatic rings. The van der Waals surface area contributed by atoms with E-state index < -0.39 is 5.72 Å². The van der Waals surface area contributed by atoms with Crippen LogP contribution in [0.25, 0.3) is 0 Å². The fourth-order valence-corrected chi connectivity index (χ4v) is 0.841. The topological polar surface area (TPSA) is 52.3 Å². The van der Waals surface area contributed by atoms with E-state index in [0.29, 0.717) is 19.3 Å². The fourth-order valence-electron chi connectivity index (χ4n) is 0.841. The van der Waals surface area contributed by atoms with Gasteiger partial charge in [0.2, 0.25) is 0 Å². The first-order chi connectivity index (χ1) is 4.27. The third-order valence-corrected chi connectivity index (χ3v) is 1.38. The number of ether oxygens (including phenoxy) is 1. The van der Waals surface area contributed by atoms with Crippen molar-refractivity contribution in [3.63, 3.8) is 0 Å². The zero-order chi connectivity index (χ0) is 6.74. The van der Waals surface area contributed by atoms with Gasteiger partial charge in [-0.2, -0.15) is 0 Å². The van der Waals surface area contributed by atoms with Gasteiger partial charge in [-0.15, -0.1) is 0 Å². The molecule has 0 heterocycles. The molecule has 2 N–H and O–H groups in total. The van der Waals surface area contributed by atoms with Crippen LogP contribution in [0.1, 0.15) is 12.8 Å². The lowest BCUT2D eigenvalue weighted by molar-refractivity contribution is -0.141. The monoisotopic (exact) mass is 127 g/mol. The number of rotatable bonds is 2. The second-order valence-electron chi connectivity index (χ2n) is 2.16. The molecule has 50 valence electrons. The van der Waals surface area contributed by atoms with Gasteiger partial charge in [-0.1, -0.05) is 12.2 Å². The van der Waals surface area contributed by atoms with E-state index in [2.05, 4.69) is 4.74 Å². The molecule has 0 atom stereocenters. The molecular weight excluding hydrogens is 118 g/mol. The Labute approximate surface area is 53.5 Å². The lowest BCUT2D eigenvalue weighted by atomic mass is 10.2. The smallest absolute Gasteiger partial charge is 0.294 e. The highest BCUT2D eigenvalue weighted by Crippen LogP contribution is 2.20. The molecule has 0 aromatic heterocycles. The first kappa shape index (κ1) is 6.29. The fraction of sp³-hybridized carbons (Fsp3) is 0.500. The maximum Gasteiger partial charge on any atom is 0.294 e. The van der Waals surface area contributed by atoms with E-state index in [-0.39, 0.29) is 0 Å². The van der Waals surface area contributed by atoms with Gasteiger partial charge < -0.3 is 4.74 Å². The molecule has 0 aromatic carbocycles. The molecule has 0 bridgehead atoms. The third kappa shape index (κ3) is 1.29. The van der Waals surface area contributed by atoms with Crippen LogP contribution in [0.4, 0.5) is 0 Å². The van der Waals surface area contributed by atoms with Crippen LogP contribution in [0.2, 0.25) is 0 Å². The van der Waals surface area contributed by atoms with Gasteiger partial charge in [0.1, 0.15) is 0 Å². The van der Waals surface area contributed by atoms with Crippen molar-refractivity contribution in [3.05, 3.63) is 12.2 Å². The lowest BCUT2D eigenvalue weighted by Crippen LogP contribution is -2.39. The Hall–Kier alpha value is -0.830. The molecule has 0 aromatic rings. The van der Waals surface area contributed by atoms with Crippen molar-refractivity contribution in [2.45, 2.75) is 18.6 Å². The second kappa shape index (κ2) is 2.19. The molecule has 0 saturated heterocycles. The molecular formula is C6H9NO2. The van der Waals surface area contributed by atoms with E-state index in [1.165, 1.54) is 0 Å². The normalized spacial score (nSPS) is 21.9. The molecule has 0 saturated carbocycles. The van der Waals surface area contributed by atoms with Crippen molar-refractivity contribution in [1.29, 1.82) is 0 Å². The number of carbonyl (C=O) groups is 1. The molecule has 1 rings (SSSR count). The van der Waals surface area contributed by atoms with Crippen LogP contribution < -0.4 is 5.73 Å². The summed E-state index contributed by atoms with van der Waals surface area (Å²) in [5, 5.41) is 0. The molecule has 0 fully saturated rings. The first-order valence-electron chi connectivity index (χ1n) is 2.82. The Morgan fingerprint density at radius 3 is 2.56 bits per heavy atom. The summed E-state index contributed by atoms with van der Waals surface area (Å²) in [6.45, 7) is 0.396. The largest absolute Gasteiger partial charge is 0.446 e. The van der Waals surface area contributed by atoms with Gasteiger partial charge in [-0.3, -0.25) is 10.5 Å². The minimum absolute atomic E-state index is 0.396. The molecule has 3 heteroatoms. The van der Waals surface area contributed by atoms with Crippen LogP contribution in [-0.4, -0.2) is 12.2 Å². The second-order valence-corrected chi connectivity index (χ2v) is 2.16. The van der Waals surface area contributed by atoms with Crippen LogP contribution in [0.15, 0.2) is 12.2 Å². The van der Waals surface area contributed by atoms with Gasteiger partial charge in [0.25, 0.3) is 6.47 Å². The van der Waals surface area contributed by atoms with Crippen molar-refractivity contribution in [1.82, 2.24) is 0 Å². The van der Waals surface area contributed by atoms with Crippen LogP contribution in [-0.2, 0) is 9.53 Å². The Morgan fingerprint density at radius 2 is 2.11 bits per heavy atom. The molecule has 0 radical (unpaired) electrons. The number of nitrogens with two attached hydrogens (primary N) is 1. The van der Waals surface area contributed by atoms with Gasteiger partial charge in [-0.25, -0.2) is 0 Å². The minimum Gasteiger partial charge on any atom is -0.446 e. The van der Waals surface area contributed by atoms with Crippen molar-refractivity contribution in [3.8, 4) is 0 Å². The van der Waals surface area contributed by atoms with E-state index >= 15 is 0 Å². The molecule has 3 nitrogen and oxygen atoms in total. The Bertz CT molecular complexity index is 134.